The number of nitrogens with zero attached hydrogens (tertiary/aromatic N) is 3. The molecule has 1 atom stereocenters. The molecule has 106 valence electrons. The van der Waals surface area contributed by atoms with Gasteiger partial charge in [0.1, 0.15) is 6.61 Å². The number of benzene rings is 1. The van der Waals surface area contributed by atoms with Crippen LogP contribution in [-0.2, 0) is 7.05 Å². The summed E-state index contributed by atoms with van der Waals surface area (Å²) in [5.41, 5.74) is 0. The molecular formula is C14H17N3O2S. The highest BCUT2D eigenvalue weighted by Crippen LogP contribution is 2.35. The Morgan fingerprint density at radius 2 is 2.00 bits per heavy atom. The van der Waals surface area contributed by atoms with Crippen molar-refractivity contribution in [3.63, 3.8) is 0 Å². The predicted molar refractivity (Wildman–Crippen MR) is 77.3 cm³/mol. The summed E-state index contributed by atoms with van der Waals surface area (Å²) in [7, 11) is 1.96. The Balaban J connectivity index is 1.83. The fourth-order valence-corrected chi connectivity index (χ4v) is 2.83. The van der Waals surface area contributed by atoms with Crippen LogP contribution in [0.3, 0.4) is 0 Å². The van der Waals surface area contributed by atoms with Gasteiger partial charge in [-0.2, -0.15) is 0 Å². The van der Waals surface area contributed by atoms with E-state index in [1.54, 1.807) is 11.8 Å². The van der Waals surface area contributed by atoms with Crippen molar-refractivity contribution < 1.29 is 9.47 Å². The van der Waals surface area contributed by atoms with E-state index in [0.717, 1.165) is 22.5 Å². The number of ether oxygens (including phenoxy) is 2. The van der Waals surface area contributed by atoms with Crippen molar-refractivity contribution in [2.24, 2.45) is 7.05 Å². The monoisotopic (exact) mass is 291 g/mol. The van der Waals surface area contributed by atoms with Crippen LogP contribution in [0.25, 0.3) is 0 Å². The summed E-state index contributed by atoms with van der Waals surface area (Å²) in [6.07, 6.45) is -0.219. The van der Waals surface area contributed by atoms with Gasteiger partial charge in [-0.25, -0.2) is 0 Å². The lowest BCUT2D eigenvalue weighted by Crippen LogP contribution is -2.24. The SMILES string of the molecule is CC(C)Sc1nnc(C2COc3ccccc3O2)n1C. The van der Waals surface area contributed by atoms with Crippen LogP contribution in [0.4, 0.5) is 0 Å². The zero-order valence-corrected chi connectivity index (χ0v) is 12.6. The van der Waals surface area contributed by atoms with E-state index in [1.165, 1.54) is 0 Å². The van der Waals surface area contributed by atoms with Gasteiger partial charge < -0.3 is 14.0 Å². The molecule has 0 saturated heterocycles. The molecule has 2 aromatic rings. The second-order valence-corrected chi connectivity index (χ2v) is 6.47. The lowest BCUT2D eigenvalue weighted by Gasteiger charge is -2.25. The fourth-order valence-electron chi connectivity index (χ4n) is 2.07. The Bertz CT molecular complexity index is 612. The molecule has 0 aliphatic carbocycles. The number of hydrogen-bond donors (Lipinski definition) is 0. The average molecular weight is 291 g/mol. The number of fused-ring (bicyclic) bond motifs is 1. The van der Waals surface area contributed by atoms with Crippen molar-refractivity contribution in [1.82, 2.24) is 14.8 Å². The molecule has 3 rings (SSSR count). The standard InChI is InChI=1S/C14H17N3O2S/c1-9(2)20-14-16-15-13(17(14)3)12-8-18-10-6-4-5-7-11(10)19-12/h4-7,9,12H,8H2,1-3H3. The van der Waals surface area contributed by atoms with Crippen LogP contribution in [0.15, 0.2) is 29.4 Å². The Morgan fingerprint density at radius 1 is 1.25 bits per heavy atom. The second kappa shape index (κ2) is 5.36. The highest BCUT2D eigenvalue weighted by Gasteiger charge is 2.27. The maximum atomic E-state index is 5.96. The molecule has 0 radical (unpaired) electrons. The summed E-state index contributed by atoms with van der Waals surface area (Å²) in [4.78, 5) is 0. The number of hydrogen-bond acceptors (Lipinski definition) is 5. The topological polar surface area (TPSA) is 49.2 Å². The van der Waals surface area contributed by atoms with E-state index in [4.69, 9.17) is 9.47 Å². The normalized spacial score (nSPS) is 17.5. The third-order valence-corrected chi connectivity index (χ3v) is 4.04. The van der Waals surface area contributed by atoms with Gasteiger partial charge in [0.2, 0.25) is 0 Å². The minimum absolute atomic E-state index is 0.219. The van der Waals surface area contributed by atoms with E-state index in [-0.39, 0.29) is 6.10 Å². The molecule has 0 saturated carbocycles. The first-order chi connectivity index (χ1) is 9.65. The number of rotatable bonds is 3. The van der Waals surface area contributed by atoms with E-state index in [9.17, 15) is 0 Å². The summed E-state index contributed by atoms with van der Waals surface area (Å²) in [6.45, 7) is 4.72. The van der Waals surface area contributed by atoms with Gasteiger partial charge in [0.05, 0.1) is 0 Å². The van der Waals surface area contributed by atoms with E-state index < -0.39 is 0 Å². The number of thioether (sulfide) groups is 1. The molecule has 1 aromatic heterocycles. The smallest absolute Gasteiger partial charge is 0.192 e. The quantitative estimate of drug-likeness (QED) is 0.814. The van der Waals surface area contributed by atoms with Gasteiger partial charge in [-0.3, -0.25) is 0 Å². The molecule has 20 heavy (non-hydrogen) atoms. The Morgan fingerprint density at radius 3 is 2.75 bits per heavy atom. The molecule has 1 aromatic carbocycles. The second-order valence-electron chi connectivity index (χ2n) is 4.93. The van der Waals surface area contributed by atoms with E-state index >= 15 is 0 Å². The molecule has 0 amide bonds. The molecule has 1 aliphatic rings. The minimum Gasteiger partial charge on any atom is -0.485 e. The van der Waals surface area contributed by atoms with Gasteiger partial charge in [0, 0.05) is 12.3 Å². The molecule has 5 nitrogen and oxygen atoms in total. The number of para-hydroxylation sites is 2. The van der Waals surface area contributed by atoms with Crippen molar-refractivity contribution in [3.8, 4) is 11.5 Å². The maximum Gasteiger partial charge on any atom is 0.192 e. The lowest BCUT2D eigenvalue weighted by molar-refractivity contribution is 0.0825. The highest BCUT2D eigenvalue weighted by atomic mass is 32.2. The van der Waals surface area contributed by atoms with E-state index in [1.807, 2.05) is 35.9 Å². The van der Waals surface area contributed by atoms with Crippen LogP contribution >= 0.6 is 11.8 Å². The molecule has 0 N–H and O–H groups in total. The van der Waals surface area contributed by atoms with Crippen molar-refractivity contribution in [2.45, 2.75) is 30.4 Å². The van der Waals surface area contributed by atoms with E-state index in [0.29, 0.717) is 11.9 Å². The highest BCUT2D eigenvalue weighted by molar-refractivity contribution is 7.99. The summed E-state index contributed by atoms with van der Waals surface area (Å²) < 4.78 is 13.7. The zero-order chi connectivity index (χ0) is 14.1. The first kappa shape index (κ1) is 13.3. The molecular weight excluding hydrogens is 274 g/mol. The first-order valence-electron chi connectivity index (χ1n) is 6.59. The fraction of sp³-hybridized carbons (Fsp3) is 0.429. The van der Waals surface area contributed by atoms with Gasteiger partial charge in [-0.05, 0) is 12.1 Å². The molecule has 0 bridgehead atoms. The van der Waals surface area contributed by atoms with Crippen molar-refractivity contribution in [2.75, 3.05) is 6.61 Å². The minimum atomic E-state index is -0.219. The summed E-state index contributed by atoms with van der Waals surface area (Å²) in [6, 6.07) is 7.67. The molecule has 1 aliphatic heterocycles. The maximum absolute atomic E-state index is 5.96. The van der Waals surface area contributed by atoms with Crippen LogP contribution in [0.2, 0.25) is 0 Å². The van der Waals surface area contributed by atoms with Crippen LogP contribution in [0.5, 0.6) is 11.5 Å². The van der Waals surface area contributed by atoms with Gasteiger partial charge in [0.25, 0.3) is 0 Å². The third-order valence-electron chi connectivity index (χ3n) is 3.01. The zero-order valence-electron chi connectivity index (χ0n) is 11.7. The van der Waals surface area contributed by atoms with Crippen molar-refractivity contribution in [1.29, 1.82) is 0 Å². The van der Waals surface area contributed by atoms with Crippen LogP contribution in [-0.4, -0.2) is 26.6 Å². The largest absolute Gasteiger partial charge is 0.485 e. The summed E-state index contributed by atoms with van der Waals surface area (Å²) >= 11 is 1.69. The van der Waals surface area contributed by atoms with Gasteiger partial charge >= 0.3 is 0 Å². The van der Waals surface area contributed by atoms with Gasteiger partial charge in [-0.1, -0.05) is 37.7 Å². The molecule has 0 spiro atoms. The molecule has 0 fully saturated rings. The van der Waals surface area contributed by atoms with Crippen LogP contribution < -0.4 is 9.47 Å². The Labute approximate surface area is 122 Å². The van der Waals surface area contributed by atoms with Crippen LogP contribution in [0.1, 0.15) is 25.8 Å². The summed E-state index contributed by atoms with van der Waals surface area (Å²) in [5.74, 6) is 2.33. The Hall–Kier alpha value is -1.69. The van der Waals surface area contributed by atoms with Crippen molar-refractivity contribution in [3.05, 3.63) is 30.1 Å². The third kappa shape index (κ3) is 2.47. The lowest BCUT2D eigenvalue weighted by atomic mass is 10.2. The molecule has 2 heterocycles. The first-order valence-corrected chi connectivity index (χ1v) is 7.47. The number of aromatic nitrogens is 3. The molecule has 1 unspecified atom stereocenters. The van der Waals surface area contributed by atoms with E-state index in [2.05, 4.69) is 24.0 Å². The van der Waals surface area contributed by atoms with Crippen molar-refractivity contribution >= 4 is 11.8 Å². The Kier molecular flexibility index (Phi) is 3.56. The summed E-state index contributed by atoms with van der Waals surface area (Å²) in [5, 5.41) is 9.85. The molecule has 6 heteroatoms. The van der Waals surface area contributed by atoms with Gasteiger partial charge in [-0.15, -0.1) is 10.2 Å². The van der Waals surface area contributed by atoms with Crippen LogP contribution in [0, 0.1) is 0 Å². The average Bonchev–Trinajstić information content (AvgIpc) is 2.79. The van der Waals surface area contributed by atoms with Gasteiger partial charge in [0.15, 0.2) is 28.6 Å². The predicted octanol–water partition coefficient (Wildman–Crippen LogP) is 2.83.